The third-order valence-corrected chi connectivity index (χ3v) is 4.93. The van der Waals surface area contributed by atoms with Crippen LogP contribution in [0.5, 0.6) is 0 Å². The van der Waals surface area contributed by atoms with Crippen LogP contribution in [0.15, 0.2) is 30.5 Å². The van der Waals surface area contributed by atoms with E-state index in [2.05, 4.69) is 28.0 Å². The fourth-order valence-electron chi connectivity index (χ4n) is 3.59. The lowest BCUT2D eigenvalue weighted by atomic mass is 9.93. The van der Waals surface area contributed by atoms with Crippen molar-refractivity contribution in [1.29, 1.82) is 0 Å². The van der Waals surface area contributed by atoms with Crippen molar-refractivity contribution < 1.29 is 4.39 Å². The predicted octanol–water partition coefficient (Wildman–Crippen LogP) is 3.26. The first-order valence-corrected chi connectivity index (χ1v) is 8.75. The summed E-state index contributed by atoms with van der Waals surface area (Å²) in [6.45, 7) is 6.87. The first-order valence-electron chi connectivity index (χ1n) is 8.75. The van der Waals surface area contributed by atoms with Gasteiger partial charge in [0.05, 0.1) is 17.6 Å². The largest absolute Gasteiger partial charge is 0.297 e. The second kappa shape index (κ2) is 6.52. The summed E-state index contributed by atoms with van der Waals surface area (Å²) in [5, 5.41) is 4.48. The lowest BCUT2D eigenvalue weighted by Crippen LogP contribution is -2.33. The van der Waals surface area contributed by atoms with E-state index in [0.717, 1.165) is 55.2 Å². The van der Waals surface area contributed by atoms with E-state index in [-0.39, 0.29) is 5.82 Å². The Balaban J connectivity index is 1.44. The van der Waals surface area contributed by atoms with Crippen molar-refractivity contribution in [3.63, 3.8) is 0 Å². The molecule has 0 aliphatic carbocycles. The molecule has 3 aromatic heterocycles. The Kier molecular flexibility index (Phi) is 4.21. The number of likely N-dealkylation sites (tertiary alicyclic amines) is 1. The fourth-order valence-corrected chi connectivity index (χ4v) is 3.59. The van der Waals surface area contributed by atoms with E-state index in [9.17, 15) is 4.39 Å². The van der Waals surface area contributed by atoms with Crippen LogP contribution in [0.25, 0.3) is 5.65 Å². The minimum absolute atomic E-state index is 0.283. The van der Waals surface area contributed by atoms with E-state index < -0.39 is 0 Å². The molecule has 5 nitrogen and oxygen atoms in total. The summed E-state index contributed by atoms with van der Waals surface area (Å²) in [5.41, 5.74) is 5.15. The van der Waals surface area contributed by atoms with Gasteiger partial charge in [-0.1, -0.05) is 0 Å². The summed E-state index contributed by atoms with van der Waals surface area (Å²) >= 11 is 0. The van der Waals surface area contributed by atoms with Crippen molar-refractivity contribution in [1.82, 2.24) is 24.5 Å². The van der Waals surface area contributed by atoms with Gasteiger partial charge in [-0.15, -0.1) is 0 Å². The Labute approximate surface area is 146 Å². The molecular formula is C19H22FN5. The number of nitrogens with zero attached hydrogens (tertiary/aromatic N) is 5. The Hall–Kier alpha value is -2.34. The number of fused-ring (bicyclic) bond motifs is 1. The first-order chi connectivity index (χ1) is 12.1. The van der Waals surface area contributed by atoms with E-state index >= 15 is 0 Å². The zero-order valence-electron chi connectivity index (χ0n) is 14.6. The molecule has 130 valence electrons. The van der Waals surface area contributed by atoms with Gasteiger partial charge in [0.25, 0.3) is 0 Å². The molecule has 0 atom stereocenters. The smallest absolute Gasteiger partial charge is 0.155 e. The topological polar surface area (TPSA) is 46.3 Å². The summed E-state index contributed by atoms with van der Waals surface area (Å²) in [4.78, 5) is 11.4. The molecule has 0 unspecified atom stereocenters. The number of piperidine rings is 1. The van der Waals surface area contributed by atoms with Crippen LogP contribution in [0.4, 0.5) is 4.39 Å². The molecular weight excluding hydrogens is 317 g/mol. The third kappa shape index (κ3) is 3.39. The molecule has 0 spiro atoms. The molecule has 6 heteroatoms. The summed E-state index contributed by atoms with van der Waals surface area (Å²) in [7, 11) is 0. The maximum atomic E-state index is 13.0. The van der Waals surface area contributed by atoms with Crippen molar-refractivity contribution >= 4 is 5.65 Å². The highest BCUT2D eigenvalue weighted by Gasteiger charge is 2.23. The maximum absolute atomic E-state index is 13.0. The van der Waals surface area contributed by atoms with Gasteiger partial charge < -0.3 is 0 Å². The van der Waals surface area contributed by atoms with Crippen LogP contribution in [-0.2, 0) is 6.54 Å². The second-order valence-corrected chi connectivity index (χ2v) is 6.90. The number of hydrogen-bond donors (Lipinski definition) is 0. The van der Waals surface area contributed by atoms with Gasteiger partial charge in [-0.3, -0.25) is 9.88 Å². The number of aromatic nitrogens is 4. The van der Waals surface area contributed by atoms with Crippen LogP contribution < -0.4 is 0 Å². The third-order valence-electron chi connectivity index (χ3n) is 4.93. The van der Waals surface area contributed by atoms with Gasteiger partial charge >= 0.3 is 0 Å². The molecule has 1 aliphatic heterocycles. The highest BCUT2D eigenvalue weighted by molar-refractivity contribution is 5.42. The van der Waals surface area contributed by atoms with E-state index in [1.807, 2.05) is 17.5 Å². The molecule has 1 fully saturated rings. The predicted molar refractivity (Wildman–Crippen MR) is 93.9 cm³/mol. The zero-order chi connectivity index (χ0) is 17.4. The van der Waals surface area contributed by atoms with Crippen LogP contribution >= 0.6 is 0 Å². The number of halogens is 1. The van der Waals surface area contributed by atoms with Gasteiger partial charge in [-0.25, -0.2) is 13.9 Å². The number of hydrogen-bond acceptors (Lipinski definition) is 4. The number of pyridine rings is 1. The molecule has 0 aromatic carbocycles. The Morgan fingerprint density at radius 1 is 1.16 bits per heavy atom. The van der Waals surface area contributed by atoms with Gasteiger partial charge in [0.1, 0.15) is 5.82 Å². The molecule has 0 N–H and O–H groups in total. The minimum Gasteiger partial charge on any atom is -0.297 e. The molecule has 4 heterocycles. The molecule has 1 saturated heterocycles. The van der Waals surface area contributed by atoms with Crippen LogP contribution in [0.3, 0.4) is 0 Å². The summed E-state index contributed by atoms with van der Waals surface area (Å²) in [5.74, 6) is 0.200. The fraction of sp³-hybridized carbons (Fsp3) is 0.421. The summed E-state index contributed by atoms with van der Waals surface area (Å²) in [6.07, 6.45) is 3.45. The Morgan fingerprint density at radius 2 is 1.96 bits per heavy atom. The molecule has 3 aromatic rings. The highest BCUT2D eigenvalue weighted by atomic mass is 19.1. The summed E-state index contributed by atoms with van der Waals surface area (Å²) < 4.78 is 14.9. The van der Waals surface area contributed by atoms with Gasteiger partial charge in [-0.2, -0.15) is 5.10 Å². The maximum Gasteiger partial charge on any atom is 0.155 e. The molecule has 0 amide bonds. The van der Waals surface area contributed by atoms with Crippen molar-refractivity contribution in [2.24, 2.45) is 0 Å². The molecule has 25 heavy (non-hydrogen) atoms. The second-order valence-electron chi connectivity index (χ2n) is 6.90. The average Bonchev–Trinajstić information content (AvgIpc) is 2.99. The lowest BCUT2D eigenvalue weighted by molar-refractivity contribution is 0.201. The minimum atomic E-state index is -0.283. The van der Waals surface area contributed by atoms with Gasteiger partial charge in [0.2, 0.25) is 0 Å². The monoisotopic (exact) mass is 339 g/mol. The molecule has 0 saturated carbocycles. The highest BCUT2D eigenvalue weighted by Crippen LogP contribution is 2.28. The van der Waals surface area contributed by atoms with E-state index in [1.54, 1.807) is 6.07 Å². The Bertz CT molecular complexity index is 879. The average molecular weight is 339 g/mol. The molecule has 0 radical (unpaired) electrons. The summed E-state index contributed by atoms with van der Waals surface area (Å²) in [6, 6.07) is 7.44. The number of aryl methyl sites for hydroxylation is 2. The van der Waals surface area contributed by atoms with E-state index in [0.29, 0.717) is 5.92 Å². The van der Waals surface area contributed by atoms with Crippen molar-refractivity contribution in [3.8, 4) is 0 Å². The normalized spacial score (nSPS) is 16.6. The number of rotatable bonds is 3. The van der Waals surface area contributed by atoms with Crippen molar-refractivity contribution in [2.45, 2.75) is 39.2 Å². The van der Waals surface area contributed by atoms with Crippen molar-refractivity contribution in [2.75, 3.05) is 13.1 Å². The lowest BCUT2D eigenvalue weighted by Gasteiger charge is -2.31. The molecule has 0 bridgehead atoms. The van der Waals surface area contributed by atoms with Crippen LogP contribution in [0.2, 0.25) is 0 Å². The molecule has 4 rings (SSSR count). The van der Waals surface area contributed by atoms with Crippen LogP contribution in [0.1, 0.15) is 41.5 Å². The first kappa shape index (κ1) is 16.1. The van der Waals surface area contributed by atoms with Crippen LogP contribution in [0, 0.1) is 19.7 Å². The standard InChI is InChI=1S/C19H22FN5/c1-13-9-19-22-18(10-14(2)25(19)23-13)15-5-7-24(8-6-15)12-17-4-3-16(20)11-21-17/h3-4,9-11,15H,5-8,12H2,1-2H3. The van der Waals surface area contributed by atoms with Gasteiger partial charge in [0.15, 0.2) is 5.65 Å². The van der Waals surface area contributed by atoms with Gasteiger partial charge in [-0.05, 0) is 58.0 Å². The van der Waals surface area contributed by atoms with Crippen LogP contribution in [-0.4, -0.2) is 37.6 Å². The molecule has 1 aliphatic rings. The Morgan fingerprint density at radius 3 is 2.68 bits per heavy atom. The SMILES string of the molecule is Cc1cc2nc(C3CCN(Cc4ccc(F)cn4)CC3)cc(C)n2n1. The zero-order valence-corrected chi connectivity index (χ0v) is 14.6. The van der Waals surface area contributed by atoms with E-state index in [1.165, 1.54) is 18.0 Å². The van der Waals surface area contributed by atoms with Crippen molar-refractivity contribution in [3.05, 3.63) is 59.1 Å². The quantitative estimate of drug-likeness (QED) is 0.735. The van der Waals surface area contributed by atoms with Gasteiger partial charge in [0, 0.05) is 29.9 Å². The van der Waals surface area contributed by atoms with E-state index in [4.69, 9.17) is 4.98 Å².